The van der Waals surface area contributed by atoms with Gasteiger partial charge >= 0.3 is 0 Å². The first-order valence-electron chi connectivity index (χ1n) is 34.4. The van der Waals surface area contributed by atoms with Crippen molar-refractivity contribution in [1.82, 2.24) is 5.32 Å². The Bertz CT molecular complexity index is 3540. The quantitative estimate of drug-likeness (QED) is 0.0354. The summed E-state index contributed by atoms with van der Waals surface area (Å²) in [5.41, 5.74) is 7.24. The zero-order valence-corrected chi connectivity index (χ0v) is 58.0. The molecule has 0 aliphatic carbocycles. The van der Waals surface area contributed by atoms with Gasteiger partial charge in [0.1, 0.15) is 73.2 Å². The highest BCUT2D eigenvalue weighted by Gasteiger charge is 2.57. The van der Waals surface area contributed by atoms with Crippen molar-refractivity contribution < 1.29 is 76.2 Å². The lowest BCUT2D eigenvalue weighted by atomic mass is 9.94. The van der Waals surface area contributed by atoms with E-state index in [4.69, 9.17) is 66.3 Å². The molecule has 3 saturated heterocycles. The van der Waals surface area contributed by atoms with Crippen LogP contribution in [0.25, 0.3) is 0 Å². The molecule has 3 aliphatic rings. The van der Waals surface area contributed by atoms with Gasteiger partial charge in [-0.05, 0) is 50.6 Å². The summed E-state index contributed by atoms with van der Waals surface area (Å²) in [6.07, 6.45) is -15.4. The van der Waals surface area contributed by atoms with Gasteiger partial charge in [0.25, 0.3) is 0 Å². The molecule has 11 rings (SSSR count). The van der Waals surface area contributed by atoms with E-state index in [9.17, 15) is 9.90 Å². The van der Waals surface area contributed by atoms with Crippen LogP contribution in [0.1, 0.15) is 51.4 Å². The van der Waals surface area contributed by atoms with Crippen LogP contribution in [0.4, 0.5) is 0 Å². The molecule has 18 heteroatoms. The van der Waals surface area contributed by atoms with Gasteiger partial charge in [-0.2, -0.15) is 0 Å². The van der Waals surface area contributed by atoms with Crippen molar-refractivity contribution in [1.29, 1.82) is 0 Å². The maximum atomic E-state index is 13.8. The van der Waals surface area contributed by atoms with Crippen molar-refractivity contribution in [3.8, 4) is 0 Å². The van der Waals surface area contributed by atoms with E-state index in [2.05, 4.69) is 25.0 Å². The number of ether oxygens (including phenoxy) is 14. The minimum atomic E-state index is -1.64. The summed E-state index contributed by atoms with van der Waals surface area (Å²) in [5.74, 6) is -0.420. The summed E-state index contributed by atoms with van der Waals surface area (Å²) in [4.78, 5) is 13.8. The molecule has 0 saturated carbocycles. The topological polar surface area (TPSA) is 179 Å². The first-order chi connectivity index (χ1) is 48.5. The number of carbonyl (C=O) groups excluding carboxylic acids is 1. The Morgan fingerprint density at radius 2 is 0.657 bits per heavy atom. The first-order valence-corrected chi connectivity index (χ1v) is 38.1. The number of aliphatic hydroxyl groups is 1. The van der Waals surface area contributed by atoms with Crippen LogP contribution in [0.15, 0.2) is 243 Å². The minimum absolute atomic E-state index is 0.0212. The molecule has 524 valence electrons. The lowest BCUT2D eigenvalue weighted by Crippen LogP contribution is -2.69. The first kappa shape index (κ1) is 73.1. The highest BCUT2D eigenvalue weighted by atomic mass is 28.3. The average molecular weight is 1370 g/mol. The molecule has 8 aromatic carbocycles. The van der Waals surface area contributed by atoms with E-state index in [1.54, 1.807) is 0 Å². The minimum Gasteiger partial charge on any atom is -0.388 e. The largest absolute Gasteiger partial charge is 0.388 e. The molecule has 0 bridgehead atoms. The van der Waals surface area contributed by atoms with E-state index in [0.29, 0.717) is 6.61 Å². The molecular weight excluding hydrogens is 1270 g/mol. The monoisotopic (exact) mass is 1370 g/mol. The number of carbonyl (C=O) groups is 1. The molecule has 3 fully saturated rings. The number of nitrogens with one attached hydrogen (secondary N) is 1. The number of hydrogen-bond donors (Lipinski definition) is 2. The van der Waals surface area contributed by atoms with Crippen molar-refractivity contribution in [3.63, 3.8) is 0 Å². The van der Waals surface area contributed by atoms with Crippen molar-refractivity contribution in [2.45, 2.75) is 178 Å². The summed E-state index contributed by atoms with van der Waals surface area (Å²) >= 11 is 0. The highest BCUT2D eigenvalue weighted by Crippen LogP contribution is 2.39. The number of aliphatic hydroxyl groups excluding tert-OH is 1. The molecule has 3 heterocycles. The molecule has 8 aromatic rings. The lowest BCUT2D eigenvalue weighted by molar-refractivity contribution is -0.389. The standard InChI is InChI=1S/C81H95NO16Si/c1-58(83)82-70-74(90-51-63-37-21-9-22-38-63)71(84)67(55-85-47-59-29-13-5-14-30-59)94-79(70)98-76-72(89-50-62-35-19-8-20-36-62)68(56-86-48-60-31-15-6-16-32-60)96-81(78(76)93-54-66-43-27-12-28-44-66)97-73-69(57-87-49-61-33-17-7-18-34-61)95-80(88-45-46-99(2,3)4)77(92-53-65-41-25-11-26-42-65)75(73)91-52-64-39-23-10-24-40-64/h5-44,67-81,84H,45-57H2,1-4H3,(H,82,83)/t67-,68-,69-,70-,71-,72+,73-,74-,75+,76+,77-,78-,79+,80-,81+/m1/s1. The Hall–Kier alpha value is -7.15. The van der Waals surface area contributed by atoms with Gasteiger partial charge in [-0.3, -0.25) is 4.79 Å². The van der Waals surface area contributed by atoms with E-state index in [0.717, 1.165) is 50.6 Å². The summed E-state index contributed by atoms with van der Waals surface area (Å²) in [6, 6.07) is 78.6. The summed E-state index contributed by atoms with van der Waals surface area (Å²) in [6.45, 7) is 9.94. The highest BCUT2D eigenvalue weighted by molar-refractivity contribution is 6.76. The number of benzene rings is 8. The van der Waals surface area contributed by atoms with Gasteiger partial charge in [-0.15, -0.1) is 0 Å². The van der Waals surface area contributed by atoms with Gasteiger partial charge in [0.05, 0.1) is 72.7 Å². The van der Waals surface area contributed by atoms with E-state index >= 15 is 0 Å². The van der Waals surface area contributed by atoms with Crippen molar-refractivity contribution in [2.24, 2.45) is 0 Å². The fourth-order valence-corrected chi connectivity index (χ4v) is 13.0. The fourth-order valence-electron chi connectivity index (χ4n) is 12.3. The van der Waals surface area contributed by atoms with Gasteiger partial charge in [0.15, 0.2) is 18.9 Å². The van der Waals surface area contributed by atoms with Crippen LogP contribution in [-0.4, -0.2) is 138 Å². The van der Waals surface area contributed by atoms with E-state index in [1.807, 2.05) is 243 Å². The molecule has 99 heavy (non-hydrogen) atoms. The van der Waals surface area contributed by atoms with Crippen LogP contribution in [0.3, 0.4) is 0 Å². The van der Waals surface area contributed by atoms with E-state index in [-0.39, 0.29) is 72.7 Å². The maximum Gasteiger partial charge on any atom is 0.217 e. The molecular formula is C81H95NO16Si. The van der Waals surface area contributed by atoms with Gasteiger partial charge in [0.2, 0.25) is 5.91 Å². The predicted octanol–water partition coefficient (Wildman–Crippen LogP) is 12.7. The Balaban J connectivity index is 1.04. The van der Waals surface area contributed by atoms with Crippen LogP contribution in [0.2, 0.25) is 25.7 Å². The zero-order chi connectivity index (χ0) is 68.4. The molecule has 3 aliphatic heterocycles. The average Bonchev–Trinajstić information content (AvgIpc) is 0.766. The second-order valence-corrected chi connectivity index (χ2v) is 32.2. The number of hydrogen-bond acceptors (Lipinski definition) is 16. The van der Waals surface area contributed by atoms with Crippen LogP contribution in [0.5, 0.6) is 0 Å². The van der Waals surface area contributed by atoms with Crippen LogP contribution >= 0.6 is 0 Å². The molecule has 0 unspecified atom stereocenters. The van der Waals surface area contributed by atoms with Gasteiger partial charge < -0.3 is 76.7 Å². The Morgan fingerprint density at radius 1 is 0.354 bits per heavy atom. The SMILES string of the molecule is CC(=O)N[C@H]1[C@H](O[C@H]2[C@@H](OCc3ccccc3)[C@@H](COCc3ccccc3)O[C@@H](O[C@H]3[C@H](OCc4ccccc4)[C@@H](OCc4ccccc4)[C@H](OCC[Si](C)(C)C)O[C@@H]3COCc3ccccc3)[C@@H]2OCc2ccccc2)O[C@H](COCc2ccccc2)[C@@H](O)[C@@H]1OCc1ccccc1. The van der Waals surface area contributed by atoms with Gasteiger partial charge in [0, 0.05) is 21.6 Å². The molecule has 17 nitrogen and oxygen atoms in total. The van der Waals surface area contributed by atoms with Crippen molar-refractivity contribution in [3.05, 3.63) is 287 Å². The van der Waals surface area contributed by atoms with Gasteiger partial charge in [-0.25, -0.2) is 0 Å². The van der Waals surface area contributed by atoms with Crippen molar-refractivity contribution >= 4 is 14.0 Å². The van der Waals surface area contributed by atoms with Crippen LogP contribution in [-0.2, 0) is 124 Å². The third-order valence-corrected chi connectivity index (χ3v) is 19.3. The van der Waals surface area contributed by atoms with Gasteiger partial charge in [-0.1, -0.05) is 262 Å². The maximum absolute atomic E-state index is 13.8. The summed E-state index contributed by atoms with van der Waals surface area (Å²) in [5, 5.41) is 15.7. The molecule has 1 amide bonds. The number of rotatable bonds is 36. The zero-order valence-electron chi connectivity index (χ0n) is 57.0. The third kappa shape index (κ3) is 22.4. The molecule has 2 N–H and O–H groups in total. The second-order valence-electron chi connectivity index (χ2n) is 26.5. The molecule has 0 aromatic heterocycles. The molecule has 15 atom stereocenters. The fraction of sp³-hybridized carbons (Fsp3) is 0.395. The normalized spacial score (nSPS) is 25.6. The summed E-state index contributed by atoms with van der Waals surface area (Å²) < 4.78 is 99.9. The Labute approximate surface area is 583 Å². The summed E-state index contributed by atoms with van der Waals surface area (Å²) in [7, 11) is -1.64. The Kier molecular flexibility index (Phi) is 28.1. The third-order valence-electron chi connectivity index (χ3n) is 17.6. The van der Waals surface area contributed by atoms with Crippen LogP contribution < -0.4 is 5.32 Å². The van der Waals surface area contributed by atoms with E-state index < -0.39 is 106 Å². The number of amides is 1. The lowest BCUT2D eigenvalue weighted by Gasteiger charge is -2.51. The Morgan fingerprint density at radius 3 is 1.04 bits per heavy atom. The van der Waals surface area contributed by atoms with Crippen LogP contribution in [0, 0.1) is 0 Å². The van der Waals surface area contributed by atoms with E-state index in [1.165, 1.54) is 6.92 Å². The smallest absolute Gasteiger partial charge is 0.217 e. The van der Waals surface area contributed by atoms with Crippen molar-refractivity contribution in [2.75, 3.05) is 26.4 Å². The molecule has 0 radical (unpaired) electrons. The molecule has 0 spiro atoms. The second kappa shape index (κ2) is 38.0. The predicted molar refractivity (Wildman–Crippen MR) is 377 cm³/mol.